The number of guanidine groups is 1. The van der Waals surface area contributed by atoms with Crippen LogP contribution in [0, 0.1) is 0 Å². The zero-order chi connectivity index (χ0) is 18.4. The molecule has 0 atom stereocenters. The van der Waals surface area contributed by atoms with Gasteiger partial charge in [0.05, 0.1) is 18.5 Å². The third kappa shape index (κ3) is 9.17. The van der Waals surface area contributed by atoms with Gasteiger partial charge < -0.3 is 10.2 Å². The Morgan fingerprint density at radius 3 is 2.08 bits per heavy atom. The summed E-state index contributed by atoms with van der Waals surface area (Å²) in [5.74, 6) is 0.265. The van der Waals surface area contributed by atoms with Crippen LogP contribution in [0.25, 0.3) is 0 Å². The van der Waals surface area contributed by atoms with Crippen molar-refractivity contribution in [3.8, 4) is 0 Å². The van der Waals surface area contributed by atoms with Crippen LogP contribution in [0.1, 0.15) is 24.5 Å². The first kappa shape index (κ1) is 23.8. The number of nitrogens with zero attached hydrogens (tertiary/aromatic N) is 2. The molecule has 0 saturated carbocycles. The van der Waals surface area contributed by atoms with E-state index in [0.717, 1.165) is 12.1 Å². The molecule has 1 aromatic carbocycles. The summed E-state index contributed by atoms with van der Waals surface area (Å²) in [5.41, 5.74) is -0.161. The molecule has 0 bridgehead atoms. The van der Waals surface area contributed by atoms with Crippen LogP contribution < -0.4 is 5.32 Å². The van der Waals surface area contributed by atoms with Crippen molar-refractivity contribution in [2.75, 3.05) is 20.1 Å². The second kappa shape index (κ2) is 10.1. The predicted molar refractivity (Wildman–Crippen MR) is 95.0 cm³/mol. The molecule has 1 rings (SSSR count). The van der Waals surface area contributed by atoms with E-state index < -0.39 is 30.9 Å². The minimum absolute atomic E-state index is 0. The molecule has 0 aromatic heterocycles. The summed E-state index contributed by atoms with van der Waals surface area (Å²) in [7, 11) is 1.60. The van der Waals surface area contributed by atoms with Gasteiger partial charge in [-0.1, -0.05) is 12.1 Å². The maximum Gasteiger partial charge on any atom is 0.416 e. The van der Waals surface area contributed by atoms with E-state index in [1.165, 1.54) is 12.1 Å². The highest BCUT2D eigenvalue weighted by Gasteiger charge is 2.30. The Kier molecular flexibility index (Phi) is 9.59. The topological polar surface area (TPSA) is 27.6 Å². The van der Waals surface area contributed by atoms with E-state index >= 15 is 0 Å². The summed E-state index contributed by atoms with van der Waals surface area (Å²) in [6, 6.07) is 4.60. The van der Waals surface area contributed by atoms with Gasteiger partial charge in [0.2, 0.25) is 0 Å². The molecule has 0 radical (unpaired) electrons. The molecule has 0 unspecified atom stereocenters. The number of hydrogen-bond donors (Lipinski definition) is 1. The van der Waals surface area contributed by atoms with Gasteiger partial charge in [-0.2, -0.15) is 26.3 Å². The molecule has 0 fully saturated rings. The fourth-order valence-corrected chi connectivity index (χ4v) is 1.91. The Bertz CT molecular complexity index is 540. The van der Waals surface area contributed by atoms with Crippen molar-refractivity contribution in [3.63, 3.8) is 0 Å². The van der Waals surface area contributed by atoms with Gasteiger partial charge in [0.15, 0.2) is 5.96 Å². The average molecular weight is 483 g/mol. The highest BCUT2D eigenvalue weighted by Crippen LogP contribution is 2.29. The molecule has 3 nitrogen and oxygen atoms in total. The van der Waals surface area contributed by atoms with Crippen LogP contribution in [-0.2, 0) is 12.7 Å². The van der Waals surface area contributed by atoms with Gasteiger partial charge in [-0.05, 0) is 24.6 Å². The second-order valence-corrected chi connectivity index (χ2v) is 5.15. The van der Waals surface area contributed by atoms with E-state index in [9.17, 15) is 26.3 Å². The molecule has 144 valence electrons. The van der Waals surface area contributed by atoms with Gasteiger partial charge >= 0.3 is 12.4 Å². The first-order chi connectivity index (χ1) is 11.0. The fraction of sp³-hybridized carbons (Fsp3) is 0.533. The normalized spacial score (nSPS) is 12.6. The van der Waals surface area contributed by atoms with Crippen molar-refractivity contribution in [3.05, 3.63) is 35.4 Å². The smallest absolute Gasteiger partial charge is 0.357 e. The molecule has 10 heteroatoms. The standard InChI is InChI=1S/C15H19F6N3.HI/c1-3-22-13(23-9-8-14(16,17)18)24(2)10-11-4-6-12(7-5-11)15(19,20)21;/h4-7H,3,8-10H2,1-2H3,(H,22,23);1H. The Morgan fingerprint density at radius 1 is 1.08 bits per heavy atom. The van der Waals surface area contributed by atoms with Crippen molar-refractivity contribution in [1.82, 2.24) is 10.2 Å². The van der Waals surface area contributed by atoms with E-state index in [4.69, 9.17) is 0 Å². The summed E-state index contributed by atoms with van der Waals surface area (Å²) >= 11 is 0. The first-order valence-electron chi connectivity index (χ1n) is 7.25. The third-order valence-corrected chi connectivity index (χ3v) is 3.05. The molecule has 0 heterocycles. The molecule has 1 aromatic rings. The minimum atomic E-state index is -4.40. The lowest BCUT2D eigenvalue weighted by atomic mass is 10.1. The number of benzene rings is 1. The second-order valence-electron chi connectivity index (χ2n) is 5.15. The van der Waals surface area contributed by atoms with Crippen LogP contribution >= 0.6 is 24.0 Å². The molecular weight excluding hydrogens is 463 g/mol. The Balaban J connectivity index is 0.00000576. The fourth-order valence-electron chi connectivity index (χ4n) is 1.91. The largest absolute Gasteiger partial charge is 0.416 e. The number of aliphatic imine (C=N–C) groups is 1. The summed E-state index contributed by atoms with van der Waals surface area (Å²) < 4.78 is 74.1. The van der Waals surface area contributed by atoms with E-state index in [2.05, 4.69) is 10.3 Å². The molecule has 0 saturated heterocycles. The van der Waals surface area contributed by atoms with Crippen LogP contribution in [0.4, 0.5) is 26.3 Å². The highest BCUT2D eigenvalue weighted by atomic mass is 127. The first-order valence-corrected chi connectivity index (χ1v) is 7.25. The van der Waals surface area contributed by atoms with Crippen LogP contribution in [0.15, 0.2) is 29.3 Å². The predicted octanol–water partition coefficient (Wildman–Crippen LogP) is 4.67. The SMILES string of the molecule is CCNC(=NCCC(F)(F)F)N(C)Cc1ccc(C(F)(F)F)cc1.I. The van der Waals surface area contributed by atoms with Crippen LogP contribution in [-0.4, -0.2) is 37.2 Å². The number of hydrogen-bond acceptors (Lipinski definition) is 1. The van der Waals surface area contributed by atoms with Gasteiger partial charge in [0, 0.05) is 20.1 Å². The lowest BCUT2D eigenvalue weighted by Crippen LogP contribution is -2.38. The van der Waals surface area contributed by atoms with Gasteiger partial charge in [0.1, 0.15) is 0 Å². The Labute approximate surface area is 159 Å². The summed E-state index contributed by atoms with van der Waals surface area (Å²) in [6.45, 7) is 2.03. The molecular formula is C15H20F6IN3. The lowest BCUT2D eigenvalue weighted by Gasteiger charge is -2.22. The monoisotopic (exact) mass is 483 g/mol. The van der Waals surface area contributed by atoms with E-state index in [1.807, 2.05) is 0 Å². The number of alkyl halides is 6. The molecule has 0 spiro atoms. The van der Waals surface area contributed by atoms with E-state index in [0.29, 0.717) is 12.1 Å². The summed E-state index contributed by atoms with van der Waals surface area (Å²) in [6.07, 6.45) is -9.72. The van der Waals surface area contributed by atoms with Crippen molar-refractivity contribution in [2.45, 2.75) is 32.2 Å². The van der Waals surface area contributed by atoms with Crippen molar-refractivity contribution in [1.29, 1.82) is 0 Å². The van der Waals surface area contributed by atoms with Crippen molar-refractivity contribution in [2.24, 2.45) is 4.99 Å². The van der Waals surface area contributed by atoms with Crippen LogP contribution in [0.2, 0.25) is 0 Å². The molecule has 0 amide bonds. The zero-order valence-corrected chi connectivity index (χ0v) is 16.0. The molecule has 25 heavy (non-hydrogen) atoms. The van der Waals surface area contributed by atoms with Gasteiger partial charge in [0.25, 0.3) is 0 Å². The molecule has 0 aliphatic carbocycles. The maximum absolute atomic E-state index is 12.5. The van der Waals surface area contributed by atoms with Crippen LogP contribution in [0.5, 0.6) is 0 Å². The van der Waals surface area contributed by atoms with Gasteiger partial charge in [-0.15, -0.1) is 24.0 Å². The number of halogens is 7. The number of nitrogens with one attached hydrogen (secondary N) is 1. The zero-order valence-electron chi connectivity index (χ0n) is 13.7. The summed E-state index contributed by atoms with van der Waals surface area (Å²) in [4.78, 5) is 5.44. The number of rotatable bonds is 5. The Hall–Kier alpha value is -1.20. The van der Waals surface area contributed by atoms with Crippen LogP contribution in [0.3, 0.4) is 0 Å². The quantitative estimate of drug-likeness (QED) is 0.285. The Morgan fingerprint density at radius 2 is 1.64 bits per heavy atom. The van der Waals surface area contributed by atoms with Crippen molar-refractivity contribution < 1.29 is 26.3 Å². The van der Waals surface area contributed by atoms with Crippen molar-refractivity contribution >= 4 is 29.9 Å². The molecule has 1 N–H and O–H groups in total. The maximum atomic E-state index is 12.5. The highest BCUT2D eigenvalue weighted by molar-refractivity contribution is 14.0. The van der Waals surface area contributed by atoms with E-state index in [-0.39, 0.29) is 36.5 Å². The molecule has 0 aliphatic heterocycles. The summed E-state index contributed by atoms with van der Waals surface area (Å²) in [5, 5.41) is 2.85. The molecule has 0 aliphatic rings. The third-order valence-electron chi connectivity index (χ3n) is 3.05. The van der Waals surface area contributed by atoms with E-state index in [1.54, 1.807) is 18.9 Å². The van der Waals surface area contributed by atoms with Gasteiger partial charge in [-0.25, -0.2) is 0 Å². The minimum Gasteiger partial charge on any atom is -0.357 e. The van der Waals surface area contributed by atoms with Gasteiger partial charge in [-0.3, -0.25) is 4.99 Å². The lowest BCUT2D eigenvalue weighted by molar-refractivity contribution is -0.137. The average Bonchev–Trinajstić information content (AvgIpc) is 2.44.